The highest BCUT2D eigenvalue weighted by Crippen LogP contribution is 2.38. The zero-order chi connectivity index (χ0) is 21.1. The Labute approximate surface area is 164 Å². The van der Waals surface area contributed by atoms with Gasteiger partial charge in [-0.2, -0.15) is 0 Å². The zero-order valence-corrected chi connectivity index (χ0v) is 18.3. The number of H-pyrrole nitrogens is 1. The minimum Gasteiger partial charge on any atom is -0.414 e. The molecule has 2 rings (SSSR count). The van der Waals surface area contributed by atoms with Gasteiger partial charge in [0.1, 0.15) is 19.1 Å². The van der Waals surface area contributed by atoms with E-state index in [1.807, 2.05) is 0 Å². The summed E-state index contributed by atoms with van der Waals surface area (Å²) in [5.41, 5.74) is 7.93. The van der Waals surface area contributed by atoms with Crippen LogP contribution < -0.4 is 11.2 Å². The second-order valence-electron chi connectivity index (χ2n) is 8.48. The van der Waals surface area contributed by atoms with Gasteiger partial charge in [-0.05, 0) is 30.6 Å². The van der Waals surface area contributed by atoms with Crippen molar-refractivity contribution in [3.8, 4) is 0 Å². The van der Waals surface area contributed by atoms with Gasteiger partial charge in [-0.25, -0.2) is 4.79 Å². The molecule has 1 fully saturated rings. The van der Waals surface area contributed by atoms with E-state index in [0.717, 1.165) is 0 Å². The Hall–Kier alpha value is -1.91. The molecule has 28 heavy (non-hydrogen) atoms. The Balaban J connectivity index is 2.20. The highest BCUT2D eigenvalue weighted by Gasteiger charge is 2.42. The molecule has 0 saturated carbocycles. The van der Waals surface area contributed by atoms with E-state index >= 15 is 0 Å². The summed E-state index contributed by atoms with van der Waals surface area (Å²) in [6.45, 7) is 12.5. The molecule has 1 saturated heterocycles. The van der Waals surface area contributed by atoms with Gasteiger partial charge in [0.15, 0.2) is 8.32 Å². The molecule has 0 radical (unpaired) electrons. The molecule has 0 aliphatic carbocycles. The monoisotopic (exact) mass is 411 g/mol. The number of aromatic amines is 1. The molecule has 156 valence electrons. The second-order valence-corrected chi connectivity index (χ2v) is 13.3. The van der Waals surface area contributed by atoms with Gasteiger partial charge in [-0.15, -0.1) is 0 Å². The molecule has 0 aromatic carbocycles. The van der Waals surface area contributed by atoms with Crippen molar-refractivity contribution in [2.24, 2.45) is 5.11 Å². The first-order chi connectivity index (χ1) is 13.0. The van der Waals surface area contributed by atoms with Crippen molar-refractivity contribution < 1.29 is 13.9 Å². The Morgan fingerprint density at radius 1 is 1.43 bits per heavy atom. The lowest BCUT2D eigenvalue weighted by atomic mass is 10.2. The standard InChI is InChI=1S/C17H29N5O5Si/c1-11-8-22(16(24)20-15(11)23)14-7-12(25-10-19-21-18)13(27-14)9-26-28(5,6)17(2,3)4/h8,12-14H,7,9-10H2,1-6H3,(H,20,23,24)/t12-,13-,14-/m1/s1. The van der Waals surface area contributed by atoms with Crippen LogP contribution in [0.1, 0.15) is 39.0 Å². The fourth-order valence-corrected chi connectivity index (χ4v) is 3.67. The lowest BCUT2D eigenvalue weighted by Gasteiger charge is -2.37. The number of aryl methyl sites for hydroxylation is 1. The number of nitrogens with zero attached hydrogens (tertiary/aromatic N) is 4. The quantitative estimate of drug-likeness (QED) is 0.319. The smallest absolute Gasteiger partial charge is 0.330 e. The molecule has 0 amide bonds. The fraction of sp³-hybridized carbons (Fsp3) is 0.765. The van der Waals surface area contributed by atoms with Crippen LogP contribution in [0.3, 0.4) is 0 Å². The number of hydrogen-bond acceptors (Lipinski definition) is 6. The molecule has 2 heterocycles. The van der Waals surface area contributed by atoms with Gasteiger partial charge < -0.3 is 13.9 Å². The van der Waals surface area contributed by atoms with Crippen LogP contribution in [-0.2, 0) is 13.9 Å². The van der Waals surface area contributed by atoms with Gasteiger partial charge in [0, 0.05) is 23.1 Å². The van der Waals surface area contributed by atoms with Crippen LogP contribution >= 0.6 is 0 Å². The first kappa shape index (κ1) is 22.4. The van der Waals surface area contributed by atoms with E-state index in [4.69, 9.17) is 19.4 Å². The lowest BCUT2D eigenvalue weighted by Crippen LogP contribution is -2.44. The largest absolute Gasteiger partial charge is 0.414 e. The highest BCUT2D eigenvalue weighted by atomic mass is 28.4. The number of aromatic nitrogens is 2. The van der Waals surface area contributed by atoms with E-state index in [2.05, 4.69) is 48.9 Å². The van der Waals surface area contributed by atoms with Crippen LogP contribution in [0.25, 0.3) is 10.4 Å². The number of ether oxygens (including phenoxy) is 2. The topological polar surface area (TPSA) is 131 Å². The summed E-state index contributed by atoms with van der Waals surface area (Å²) in [4.78, 5) is 28.8. The molecule has 1 aromatic rings. The average molecular weight is 412 g/mol. The summed E-state index contributed by atoms with van der Waals surface area (Å²) in [6.07, 6.45) is 0.421. The second kappa shape index (κ2) is 8.62. The maximum atomic E-state index is 12.2. The van der Waals surface area contributed by atoms with E-state index in [9.17, 15) is 9.59 Å². The van der Waals surface area contributed by atoms with E-state index in [1.165, 1.54) is 10.8 Å². The van der Waals surface area contributed by atoms with Crippen LogP contribution in [0, 0.1) is 6.92 Å². The summed E-state index contributed by atoms with van der Waals surface area (Å²) in [7, 11) is -2.00. The van der Waals surface area contributed by atoms with E-state index in [-0.39, 0.29) is 11.8 Å². The van der Waals surface area contributed by atoms with Gasteiger partial charge in [-0.3, -0.25) is 14.3 Å². The van der Waals surface area contributed by atoms with Crippen molar-refractivity contribution in [2.45, 2.75) is 70.7 Å². The number of azide groups is 1. The van der Waals surface area contributed by atoms with E-state index in [1.54, 1.807) is 6.92 Å². The SMILES string of the molecule is Cc1cn([C@H]2C[C@@H](OCN=[N+]=[N-])[C@@H](CO[Si](C)(C)C(C)(C)C)O2)c(=O)[nH]c1=O. The average Bonchev–Trinajstić information content (AvgIpc) is 2.98. The van der Waals surface area contributed by atoms with Crippen LogP contribution in [0.4, 0.5) is 0 Å². The summed E-state index contributed by atoms with van der Waals surface area (Å²) < 4.78 is 19.3. The predicted molar refractivity (Wildman–Crippen MR) is 107 cm³/mol. The zero-order valence-electron chi connectivity index (χ0n) is 17.3. The van der Waals surface area contributed by atoms with Gasteiger partial charge in [-0.1, -0.05) is 25.9 Å². The van der Waals surface area contributed by atoms with Crippen LogP contribution in [-0.4, -0.2) is 43.4 Å². The normalized spacial score (nSPS) is 22.9. The molecular weight excluding hydrogens is 382 g/mol. The van der Waals surface area contributed by atoms with Crippen molar-refractivity contribution in [1.82, 2.24) is 9.55 Å². The number of rotatable bonds is 7. The molecule has 1 N–H and O–H groups in total. The Bertz CT molecular complexity index is 853. The van der Waals surface area contributed by atoms with Gasteiger partial charge in [0.2, 0.25) is 0 Å². The third kappa shape index (κ3) is 5.12. The summed E-state index contributed by atoms with van der Waals surface area (Å²) >= 11 is 0. The molecule has 11 heteroatoms. The lowest BCUT2D eigenvalue weighted by molar-refractivity contribution is -0.0588. The van der Waals surface area contributed by atoms with Gasteiger partial charge >= 0.3 is 5.69 Å². The Kier molecular flexibility index (Phi) is 6.89. The van der Waals surface area contributed by atoms with Crippen molar-refractivity contribution in [3.05, 3.63) is 43.0 Å². The molecule has 1 aromatic heterocycles. The first-order valence-corrected chi connectivity index (χ1v) is 12.1. The Morgan fingerprint density at radius 2 is 2.11 bits per heavy atom. The van der Waals surface area contributed by atoms with Gasteiger partial charge in [0.05, 0.1) is 12.7 Å². The molecule has 1 aliphatic heterocycles. The fourth-order valence-electron chi connectivity index (χ4n) is 2.66. The van der Waals surface area contributed by atoms with Gasteiger partial charge in [0.25, 0.3) is 5.56 Å². The van der Waals surface area contributed by atoms with Crippen LogP contribution in [0.15, 0.2) is 20.9 Å². The van der Waals surface area contributed by atoms with Crippen molar-refractivity contribution in [2.75, 3.05) is 13.3 Å². The molecule has 3 atom stereocenters. The van der Waals surface area contributed by atoms with E-state index < -0.39 is 38.0 Å². The van der Waals surface area contributed by atoms with Crippen molar-refractivity contribution in [3.63, 3.8) is 0 Å². The summed E-state index contributed by atoms with van der Waals surface area (Å²) in [5.74, 6) is 0. The maximum Gasteiger partial charge on any atom is 0.330 e. The van der Waals surface area contributed by atoms with Crippen LogP contribution in [0.2, 0.25) is 18.1 Å². The number of hydrogen-bond donors (Lipinski definition) is 1. The van der Waals surface area contributed by atoms with Crippen molar-refractivity contribution >= 4 is 8.32 Å². The molecule has 0 unspecified atom stereocenters. The molecule has 10 nitrogen and oxygen atoms in total. The minimum atomic E-state index is -2.00. The molecule has 1 aliphatic rings. The van der Waals surface area contributed by atoms with Crippen molar-refractivity contribution in [1.29, 1.82) is 0 Å². The minimum absolute atomic E-state index is 0.0411. The summed E-state index contributed by atoms with van der Waals surface area (Å²) in [5, 5.41) is 3.45. The van der Waals surface area contributed by atoms with Crippen LogP contribution in [0.5, 0.6) is 0 Å². The highest BCUT2D eigenvalue weighted by molar-refractivity contribution is 6.74. The third-order valence-electron chi connectivity index (χ3n) is 5.46. The third-order valence-corrected chi connectivity index (χ3v) is 9.96. The predicted octanol–water partition coefficient (Wildman–Crippen LogP) is 2.81. The molecule has 0 bridgehead atoms. The molecule has 0 spiro atoms. The number of nitrogens with one attached hydrogen (secondary N) is 1. The Morgan fingerprint density at radius 3 is 2.71 bits per heavy atom. The summed E-state index contributed by atoms with van der Waals surface area (Å²) in [6, 6.07) is 0. The molecular formula is C17H29N5O5Si. The first-order valence-electron chi connectivity index (χ1n) is 9.20. The van der Waals surface area contributed by atoms with E-state index in [0.29, 0.717) is 18.6 Å². The maximum absolute atomic E-state index is 12.2.